The van der Waals surface area contributed by atoms with Crippen LogP contribution in [0.4, 0.5) is 0 Å². The molecule has 0 aromatic heterocycles. The van der Waals surface area contributed by atoms with Gasteiger partial charge in [0.05, 0.1) is 0 Å². The Balaban J connectivity index is 3.47. The third-order valence-electron chi connectivity index (χ3n) is 1.70. The van der Waals surface area contributed by atoms with Gasteiger partial charge in [-0.25, -0.2) is 0 Å². The number of rotatable bonds is 6. The Bertz CT molecular complexity index is 126. The van der Waals surface area contributed by atoms with Crippen molar-refractivity contribution in [1.29, 1.82) is 0 Å². The second-order valence-electron chi connectivity index (χ2n) is 3.00. The Hall–Kier alpha value is -0.570. The minimum Gasteiger partial charge on any atom is -0.356 e. The van der Waals surface area contributed by atoms with E-state index in [4.69, 9.17) is 0 Å². The number of nitrogens with one attached hydrogen (secondary N) is 2. The molecular weight excluding hydrogens is 152 g/mol. The molecule has 12 heavy (non-hydrogen) atoms. The number of hydrogen-bond donors (Lipinski definition) is 2. The molecule has 0 saturated heterocycles. The molecule has 0 aromatic carbocycles. The number of carbonyl (C=O) groups excluding carboxylic acids is 1. The molecule has 0 aromatic rings. The summed E-state index contributed by atoms with van der Waals surface area (Å²) in [6.07, 6.45) is 1.000. The van der Waals surface area contributed by atoms with E-state index >= 15 is 0 Å². The molecule has 1 amide bonds. The highest BCUT2D eigenvalue weighted by Gasteiger charge is 2.09. The van der Waals surface area contributed by atoms with Crippen LogP contribution in [0.5, 0.6) is 0 Å². The van der Waals surface area contributed by atoms with Crippen molar-refractivity contribution < 1.29 is 4.79 Å². The van der Waals surface area contributed by atoms with Crippen molar-refractivity contribution in [3.8, 4) is 0 Å². The lowest BCUT2D eigenvalue weighted by molar-refractivity contribution is -0.124. The first-order valence-corrected chi connectivity index (χ1v) is 4.70. The highest BCUT2D eigenvalue weighted by Crippen LogP contribution is 1.91. The fourth-order valence-corrected chi connectivity index (χ4v) is 0.876. The molecule has 0 rings (SSSR count). The fraction of sp³-hybridized carbons (Fsp3) is 0.889. The summed E-state index contributed by atoms with van der Waals surface area (Å²) in [5, 5.41) is 6.01. The van der Waals surface area contributed by atoms with Crippen molar-refractivity contribution in [2.45, 2.75) is 27.2 Å². The quantitative estimate of drug-likeness (QED) is 0.621. The Morgan fingerprint density at radius 1 is 1.42 bits per heavy atom. The zero-order chi connectivity index (χ0) is 9.40. The van der Waals surface area contributed by atoms with Crippen LogP contribution >= 0.6 is 0 Å². The van der Waals surface area contributed by atoms with Crippen LogP contribution in [-0.2, 0) is 4.79 Å². The van der Waals surface area contributed by atoms with Crippen LogP contribution in [0.15, 0.2) is 0 Å². The fourth-order valence-electron chi connectivity index (χ4n) is 0.876. The van der Waals surface area contributed by atoms with E-state index in [2.05, 4.69) is 17.6 Å². The number of hydrogen-bond acceptors (Lipinski definition) is 2. The van der Waals surface area contributed by atoms with Gasteiger partial charge in [0.1, 0.15) is 0 Å². The van der Waals surface area contributed by atoms with E-state index in [9.17, 15) is 4.79 Å². The summed E-state index contributed by atoms with van der Waals surface area (Å²) < 4.78 is 0. The van der Waals surface area contributed by atoms with Crippen LogP contribution in [0.2, 0.25) is 0 Å². The smallest absolute Gasteiger partial charge is 0.224 e. The molecule has 0 radical (unpaired) electrons. The van der Waals surface area contributed by atoms with Crippen molar-refractivity contribution in [2.24, 2.45) is 5.92 Å². The SMILES string of the molecule is CCCNC(=O)C(C)CNCC. The maximum Gasteiger partial charge on any atom is 0.224 e. The Labute approximate surface area is 74.9 Å². The standard InChI is InChI=1S/C9H20N2O/c1-4-6-11-9(12)8(3)7-10-5-2/h8,10H,4-7H2,1-3H3,(H,11,12). The number of amides is 1. The predicted octanol–water partition coefficient (Wildman–Crippen LogP) is 0.758. The molecule has 0 bridgehead atoms. The van der Waals surface area contributed by atoms with E-state index in [-0.39, 0.29) is 11.8 Å². The monoisotopic (exact) mass is 172 g/mol. The van der Waals surface area contributed by atoms with Gasteiger partial charge in [0.25, 0.3) is 0 Å². The summed E-state index contributed by atoms with van der Waals surface area (Å²) >= 11 is 0. The molecule has 0 saturated carbocycles. The molecule has 0 spiro atoms. The van der Waals surface area contributed by atoms with Crippen molar-refractivity contribution in [2.75, 3.05) is 19.6 Å². The average Bonchev–Trinajstić information content (AvgIpc) is 2.10. The molecule has 0 aliphatic rings. The van der Waals surface area contributed by atoms with Crippen molar-refractivity contribution >= 4 is 5.91 Å². The second kappa shape index (κ2) is 7.10. The first-order valence-electron chi connectivity index (χ1n) is 4.70. The van der Waals surface area contributed by atoms with E-state index in [1.54, 1.807) is 0 Å². The van der Waals surface area contributed by atoms with Gasteiger partial charge in [0.2, 0.25) is 5.91 Å². The van der Waals surface area contributed by atoms with Gasteiger partial charge >= 0.3 is 0 Å². The second-order valence-corrected chi connectivity index (χ2v) is 3.00. The van der Waals surface area contributed by atoms with Gasteiger partial charge in [-0.05, 0) is 13.0 Å². The van der Waals surface area contributed by atoms with Crippen LogP contribution in [0.1, 0.15) is 27.2 Å². The summed E-state index contributed by atoms with van der Waals surface area (Å²) in [4.78, 5) is 11.3. The van der Waals surface area contributed by atoms with Crippen LogP contribution in [0.3, 0.4) is 0 Å². The summed E-state index contributed by atoms with van der Waals surface area (Å²) in [5.74, 6) is 0.231. The molecule has 0 aliphatic carbocycles. The molecule has 1 unspecified atom stereocenters. The summed E-state index contributed by atoms with van der Waals surface area (Å²) in [5.41, 5.74) is 0. The lowest BCUT2D eigenvalue weighted by atomic mass is 10.1. The van der Waals surface area contributed by atoms with E-state index in [1.165, 1.54) is 0 Å². The average molecular weight is 172 g/mol. The Morgan fingerprint density at radius 3 is 2.58 bits per heavy atom. The van der Waals surface area contributed by atoms with Crippen LogP contribution < -0.4 is 10.6 Å². The predicted molar refractivity (Wildman–Crippen MR) is 51.0 cm³/mol. The molecule has 0 heterocycles. The van der Waals surface area contributed by atoms with Crippen LogP contribution in [0.25, 0.3) is 0 Å². The third-order valence-corrected chi connectivity index (χ3v) is 1.70. The third kappa shape index (κ3) is 5.13. The lowest BCUT2D eigenvalue weighted by Crippen LogP contribution is -2.35. The van der Waals surface area contributed by atoms with E-state index in [1.807, 2.05) is 13.8 Å². The van der Waals surface area contributed by atoms with E-state index in [0.29, 0.717) is 0 Å². The van der Waals surface area contributed by atoms with Crippen LogP contribution in [0, 0.1) is 5.92 Å². The summed E-state index contributed by atoms with van der Waals surface area (Å²) in [7, 11) is 0. The molecule has 0 fully saturated rings. The molecule has 0 aliphatic heterocycles. The molecule has 1 atom stereocenters. The lowest BCUT2D eigenvalue weighted by Gasteiger charge is -2.11. The molecule has 3 nitrogen and oxygen atoms in total. The normalized spacial score (nSPS) is 12.6. The zero-order valence-electron chi connectivity index (χ0n) is 8.31. The Kier molecular flexibility index (Phi) is 6.76. The van der Waals surface area contributed by atoms with Crippen molar-refractivity contribution in [3.05, 3.63) is 0 Å². The maximum absolute atomic E-state index is 11.3. The minimum absolute atomic E-state index is 0.0801. The maximum atomic E-state index is 11.3. The van der Waals surface area contributed by atoms with E-state index < -0.39 is 0 Å². The van der Waals surface area contributed by atoms with Gasteiger partial charge in [-0.2, -0.15) is 0 Å². The minimum atomic E-state index is 0.0801. The first kappa shape index (κ1) is 11.4. The highest BCUT2D eigenvalue weighted by molar-refractivity contribution is 5.78. The topological polar surface area (TPSA) is 41.1 Å². The van der Waals surface area contributed by atoms with Gasteiger partial charge in [-0.15, -0.1) is 0 Å². The van der Waals surface area contributed by atoms with Gasteiger partial charge < -0.3 is 10.6 Å². The largest absolute Gasteiger partial charge is 0.356 e. The Morgan fingerprint density at radius 2 is 2.08 bits per heavy atom. The summed E-state index contributed by atoms with van der Waals surface area (Å²) in [6, 6.07) is 0. The van der Waals surface area contributed by atoms with Gasteiger partial charge in [-0.1, -0.05) is 20.8 Å². The first-order chi connectivity index (χ1) is 5.72. The van der Waals surface area contributed by atoms with E-state index in [0.717, 1.165) is 26.1 Å². The van der Waals surface area contributed by atoms with Gasteiger partial charge in [0.15, 0.2) is 0 Å². The van der Waals surface area contributed by atoms with Crippen molar-refractivity contribution in [3.63, 3.8) is 0 Å². The van der Waals surface area contributed by atoms with Crippen LogP contribution in [-0.4, -0.2) is 25.5 Å². The molecule has 72 valence electrons. The van der Waals surface area contributed by atoms with Gasteiger partial charge in [-0.3, -0.25) is 4.79 Å². The molecule has 3 heteroatoms. The molecule has 2 N–H and O–H groups in total. The summed E-state index contributed by atoms with van der Waals surface area (Å²) in [6.45, 7) is 8.51. The van der Waals surface area contributed by atoms with Crippen molar-refractivity contribution in [1.82, 2.24) is 10.6 Å². The highest BCUT2D eigenvalue weighted by atomic mass is 16.1. The van der Waals surface area contributed by atoms with Gasteiger partial charge in [0, 0.05) is 19.0 Å². The molecular formula is C9H20N2O. The number of carbonyl (C=O) groups is 1. The zero-order valence-corrected chi connectivity index (χ0v) is 8.31.